The van der Waals surface area contributed by atoms with Crippen molar-refractivity contribution < 1.29 is 0 Å². The summed E-state index contributed by atoms with van der Waals surface area (Å²) in [5.41, 5.74) is 8.35. The van der Waals surface area contributed by atoms with Crippen LogP contribution in [0.25, 0.3) is 0 Å². The molecular formula is C11H10IN3. The number of hydrogen-bond acceptors (Lipinski definition) is 3. The van der Waals surface area contributed by atoms with Crippen LogP contribution in [0.3, 0.4) is 0 Å². The molecule has 0 radical (unpaired) electrons. The Labute approximate surface area is 102 Å². The standard InChI is InChI=1S/C11H10IN3/c12-8-2-1-3-9(6-8)15-11-7-14-5-4-10(11)13/h1-7,15H,(H2,13,14). The summed E-state index contributed by atoms with van der Waals surface area (Å²) in [7, 11) is 0. The van der Waals surface area contributed by atoms with Gasteiger partial charge in [0, 0.05) is 15.5 Å². The fourth-order valence-electron chi connectivity index (χ4n) is 1.23. The number of nitrogens with two attached hydrogens (primary N) is 1. The van der Waals surface area contributed by atoms with Crippen LogP contribution in [-0.4, -0.2) is 4.98 Å². The summed E-state index contributed by atoms with van der Waals surface area (Å²) in [5.74, 6) is 0. The van der Waals surface area contributed by atoms with Crippen LogP contribution < -0.4 is 11.1 Å². The zero-order valence-electron chi connectivity index (χ0n) is 7.94. The molecule has 1 aromatic carbocycles. The van der Waals surface area contributed by atoms with E-state index in [2.05, 4.69) is 32.9 Å². The molecule has 0 atom stereocenters. The normalized spacial score (nSPS) is 9.93. The van der Waals surface area contributed by atoms with Crippen LogP contribution in [0.1, 0.15) is 0 Å². The molecule has 0 aliphatic rings. The van der Waals surface area contributed by atoms with Gasteiger partial charge in [-0.2, -0.15) is 0 Å². The lowest BCUT2D eigenvalue weighted by molar-refractivity contribution is 1.32. The third-order valence-corrected chi connectivity index (χ3v) is 2.63. The van der Waals surface area contributed by atoms with Gasteiger partial charge in [-0.3, -0.25) is 4.98 Å². The summed E-state index contributed by atoms with van der Waals surface area (Å²) in [6, 6.07) is 9.85. The molecule has 0 spiro atoms. The molecular weight excluding hydrogens is 301 g/mol. The maximum absolute atomic E-state index is 5.80. The van der Waals surface area contributed by atoms with E-state index in [-0.39, 0.29) is 0 Å². The van der Waals surface area contributed by atoms with Crippen molar-refractivity contribution in [1.29, 1.82) is 0 Å². The van der Waals surface area contributed by atoms with Crippen molar-refractivity contribution in [3.8, 4) is 0 Å². The van der Waals surface area contributed by atoms with E-state index >= 15 is 0 Å². The quantitative estimate of drug-likeness (QED) is 0.838. The van der Waals surface area contributed by atoms with Crippen molar-refractivity contribution in [1.82, 2.24) is 4.98 Å². The fourth-order valence-corrected chi connectivity index (χ4v) is 1.77. The smallest absolute Gasteiger partial charge is 0.0804 e. The van der Waals surface area contributed by atoms with Crippen molar-refractivity contribution in [3.63, 3.8) is 0 Å². The number of aromatic nitrogens is 1. The Morgan fingerprint density at radius 2 is 2.13 bits per heavy atom. The number of nitrogen functional groups attached to an aromatic ring is 1. The predicted octanol–water partition coefficient (Wildman–Crippen LogP) is 3.01. The first-order chi connectivity index (χ1) is 7.25. The van der Waals surface area contributed by atoms with Crippen LogP contribution in [0.15, 0.2) is 42.7 Å². The van der Waals surface area contributed by atoms with Gasteiger partial charge in [0.15, 0.2) is 0 Å². The molecule has 0 saturated heterocycles. The molecule has 0 unspecified atom stereocenters. The molecule has 0 fully saturated rings. The number of nitrogens with zero attached hydrogens (tertiary/aromatic N) is 1. The van der Waals surface area contributed by atoms with Crippen molar-refractivity contribution in [2.24, 2.45) is 0 Å². The van der Waals surface area contributed by atoms with E-state index in [9.17, 15) is 0 Å². The number of rotatable bonds is 2. The minimum absolute atomic E-state index is 0.698. The van der Waals surface area contributed by atoms with E-state index in [0.29, 0.717) is 5.69 Å². The Morgan fingerprint density at radius 3 is 2.87 bits per heavy atom. The zero-order chi connectivity index (χ0) is 10.7. The molecule has 0 saturated carbocycles. The van der Waals surface area contributed by atoms with E-state index in [4.69, 9.17) is 5.73 Å². The van der Waals surface area contributed by atoms with Crippen LogP contribution in [0.5, 0.6) is 0 Å². The highest BCUT2D eigenvalue weighted by atomic mass is 127. The van der Waals surface area contributed by atoms with Gasteiger partial charge in [0.2, 0.25) is 0 Å². The molecule has 0 aliphatic carbocycles. The highest BCUT2D eigenvalue weighted by Crippen LogP contribution is 2.22. The second kappa shape index (κ2) is 4.48. The van der Waals surface area contributed by atoms with Crippen molar-refractivity contribution in [2.45, 2.75) is 0 Å². The van der Waals surface area contributed by atoms with E-state index in [0.717, 1.165) is 11.4 Å². The lowest BCUT2D eigenvalue weighted by Crippen LogP contribution is -1.96. The molecule has 3 N–H and O–H groups in total. The highest BCUT2D eigenvalue weighted by molar-refractivity contribution is 14.1. The molecule has 0 amide bonds. The largest absolute Gasteiger partial charge is 0.397 e. The zero-order valence-corrected chi connectivity index (χ0v) is 10.1. The van der Waals surface area contributed by atoms with E-state index in [1.54, 1.807) is 18.5 Å². The molecule has 4 heteroatoms. The minimum Gasteiger partial charge on any atom is -0.397 e. The van der Waals surface area contributed by atoms with Crippen LogP contribution >= 0.6 is 22.6 Å². The third kappa shape index (κ3) is 2.59. The molecule has 0 aliphatic heterocycles. The number of nitrogens with one attached hydrogen (secondary N) is 1. The van der Waals surface area contributed by atoms with Crippen molar-refractivity contribution in [2.75, 3.05) is 11.1 Å². The SMILES string of the molecule is Nc1ccncc1Nc1cccc(I)c1. The molecule has 2 aromatic rings. The Balaban J connectivity index is 2.26. The number of pyridine rings is 1. The van der Waals surface area contributed by atoms with Crippen LogP contribution in [-0.2, 0) is 0 Å². The third-order valence-electron chi connectivity index (χ3n) is 1.96. The fraction of sp³-hybridized carbons (Fsp3) is 0. The summed E-state index contributed by atoms with van der Waals surface area (Å²) in [4.78, 5) is 4.02. The minimum atomic E-state index is 0.698. The van der Waals surface area contributed by atoms with E-state index in [1.807, 2.05) is 24.3 Å². The van der Waals surface area contributed by atoms with Crippen molar-refractivity contribution in [3.05, 3.63) is 46.3 Å². The van der Waals surface area contributed by atoms with Gasteiger partial charge < -0.3 is 11.1 Å². The van der Waals surface area contributed by atoms with Gasteiger partial charge in [-0.15, -0.1) is 0 Å². The first-order valence-electron chi connectivity index (χ1n) is 4.48. The van der Waals surface area contributed by atoms with Gasteiger partial charge in [0.05, 0.1) is 17.6 Å². The molecule has 1 aromatic heterocycles. The van der Waals surface area contributed by atoms with E-state index in [1.165, 1.54) is 3.57 Å². The van der Waals surface area contributed by atoms with Gasteiger partial charge in [-0.05, 0) is 46.9 Å². The van der Waals surface area contributed by atoms with Crippen LogP contribution in [0.2, 0.25) is 0 Å². The maximum atomic E-state index is 5.80. The first-order valence-corrected chi connectivity index (χ1v) is 5.55. The predicted molar refractivity (Wildman–Crippen MR) is 71.1 cm³/mol. The summed E-state index contributed by atoms with van der Waals surface area (Å²) in [6.07, 6.45) is 3.39. The molecule has 0 bridgehead atoms. The number of hydrogen-bond donors (Lipinski definition) is 2. The lowest BCUT2D eigenvalue weighted by Gasteiger charge is -2.08. The Bertz CT molecular complexity index is 471. The Hall–Kier alpha value is -1.30. The maximum Gasteiger partial charge on any atom is 0.0804 e. The van der Waals surface area contributed by atoms with Crippen LogP contribution in [0, 0.1) is 3.57 Å². The molecule has 2 rings (SSSR count). The molecule has 3 nitrogen and oxygen atoms in total. The van der Waals surface area contributed by atoms with E-state index < -0.39 is 0 Å². The monoisotopic (exact) mass is 311 g/mol. The summed E-state index contributed by atoms with van der Waals surface area (Å²) < 4.78 is 1.18. The Kier molecular flexibility index (Phi) is 3.05. The van der Waals surface area contributed by atoms with Gasteiger partial charge in [0.1, 0.15) is 0 Å². The lowest BCUT2D eigenvalue weighted by atomic mass is 10.3. The molecule has 76 valence electrons. The summed E-state index contributed by atoms with van der Waals surface area (Å²) >= 11 is 2.27. The average Bonchev–Trinajstić information content (AvgIpc) is 2.22. The van der Waals surface area contributed by atoms with Crippen LogP contribution in [0.4, 0.5) is 17.1 Å². The highest BCUT2D eigenvalue weighted by Gasteiger charge is 1.98. The van der Waals surface area contributed by atoms with Gasteiger partial charge >= 0.3 is 0 Å². The topological polar surface area (TPSA) is 50.9 Å². The second-order valence-corrected chi connectivity index (χ2v) is 4.34. The van der Waals surface area contributed by atoms with Crippen molar-refractivity contribution >= 4 is 39.7 Å². The second-order valence-electron chi connectivity index (χ2n) is 3.10. The van der Waals surface area contributed by atoms with Gasteiger partial charge in [0.25, 0.3) is 0 Å². The van der Waals surface area contributed by atoms with Gasteiger partial charge in [-0.25, -0.2) is 0 Å². The number of halogens is 1. The summed E-state index contributed by atoms with van der Waals surface area (Å²) in [6.45, 7) is 0. The first kappa shape index (κ1) is 10.2. The molecule has 1 heterocycles. The van der Waals surface area contributed by atoms with Gasteiger partial charge in [-0.1, -0.05) is 6.07 Å². The average molecular weight is 311 g/mol. The summed E-state index contributed by atoms with van der Waals surface area (Å²) in [5, 5.41) is 3.22. The number of anilines is 3. The number of benzene rings is 1. The molecule has 15 heavy (non-hydrogen) atoms. The Morgan fingerprint density at radius 1 is 1.27 bits per heavy atom.